The molecule has 0 atom stereocenters. The fourth-order valence-corrected chi connectivity index (χ4v) is 2.87. The Balaban J connectivity index is 2.78. The summed E-state index contributed by atoms with van der Waals surface area (Å²) in [5.41, 5.74) is 1.91. The minimum Gasteiger partial charge on any atom is -0.313 e. The Morgan fingerprint density at radius 1 is 1.37 bits per heavy atom. The van der Waals surface area contributed by atoms with E-state index in [9.17, 15) is 8.42 Å². The molecule has 19 heavy (non-hydrogen) atoms. The molecule has 0 heterocycles. The number of rotatable bonds is 8. The predicted molar refractivity (Wildman–Crippen MR) is 79.3 cm³/mol. The van der Waals surface area contributed by atoms with Crippen LogP contribution in [0.15, 0.2) is 36.9 Å². The number of benzene rings is 1. The maximum absolute atomic E-state index is 12.1. The lowest BCUT2D eigenvalue weighted by molar-refractivity contribution is 0.498. The van der Waals surface area contributed by atoms with Crippen molar-refractivity contribution in [3.63, 3.8) is 0 Å². The first-order chi connectivity index (χ1) is 8.99. The van der Waals surface area contributed by atoms with Gasteiger partial charge < -0.3 is 5.32 Å². The summed E-state index contributed by atoms with van der Waals surface area (Å²) >= 11 is 0. The van der Waals surface area contributed by atoms with E-state index in [-0.39, 0.29) is 5.75 Å². The number of nitrogens with one attached hydrogen (secondary N) is 1. The molecule has 1 aromatic rings. The fourth-order valence-electron chi connectivity index (χ4n) is 1.71. The summed E-state index contributed by atoms with van der Waals surface area (Å²) in [6.07, 6.45) is 1.58. The third kappa shape index (κ3) is 5.14. The van der Waals surface area contributed by atoms with Crippen LogP contribution in [0.5, 0.6) is 0 Å². The minimum atomic E-state index is -3.27. The molecular weight excluding hydrogens is 260 g/mol. The van der Waals surface area contributed by atoms with E-state index in [0.717, 1.165) is 24.2 Å². The lowest BCUT2D eigenvalue weighted by atomic mass is 10.1. The molecule has 0 aliphatic carbocycles. The zero-order chi connectivity index (χ0) is 14.3. The van der Waals surface area contributed by atoms with E-state index in [2.05, 4.69) is 11.9 Å². The van der Waals surface area contributed by atoms with Crippen LogP contribution < -0.4 is 5.32 Å². The molecule has 0 fully saturated rings. The van der Waals surface area contributed by atoms with Gasteiger partial charge in [0.25, 0.3) is 0 Å². The van der Waals surface area contributed by atoms with E-state index >= 15 is 0 Å². The molecule has 4 nitrogen and oxygen atoms in total. The van der Waals surface area contributed by atoms with E-state index < -0.39 is 10.0 Å². The van der Waals surface area contributed by atoms with Crippen molar-refractivity contribution in [3.8, 4) is 0 Å². The molecule has 1 N–H and O–H groups in total. The van der Waals surface area contributed by atoms with Gasteiger partial charge in [0.2, 0.25) is 10.0 Å². The van der Waals surface area contributed by atoms with Crippen molar-refractivity contribution < 1.29 is 8.42 Å². The third-order valence-corrected chi connectivity index (χ3v) is 4.58. The Hall–Kier alpha value is -1.17. The van der Waals surface area contributed by atoms with Gasteiger partial charge in [-0.1, -0.05) is 37.3 Å². The van der Waals surface area contributed by atoms with Crippen LogP contribution in [0, 0.1) is 0 Å². The number of sulfonamides is 1. The van der Waals surface area contributed by atoms with Gasteiger partial charge in [0.1, 0.15) is 0 Å². The van der Waals surface area contributed by atoms with E-state index in [4.69, 9.17) is 0 Å². The van der Waals surface area contributed by atoms with Crippen LogP contribution in [0.25, 0.3) is 0 Å². The Bertz CT molecular complexity index is 512. The second kappa shape index (κ2) is 7.43. The van der Waals surface area contributed by atoms with Crippen molar-refractivity contribution in [2.45, 2.75) is 19.2 Å². The maximum Gasteiger partial charge on any atom is 0.218 e. The van der Waals surface area contributed by atoms with E-state index in [1.54, 1.807) is 13.1 Å². The van der Waals surface area contributed by atoms with Gasteiger partial charge in [-0.15, -0.1) is 6.58 Å². The first-order valence-corrected chi connectivity index (χ1v) is 7.94. The smallest absolute Gasteiger partial charge is 0.218 e. The first-order valence-electron chi connectivity index (χ1n) is 6.33. The number of hydrogen-bond acceptors (Lipinski definition) is 3. The van der Waals surface area contributed by atoms with Gasteiger partial charge in [-0.05, 0) is 17.7 Å². The summed E-state index contributed by atoms with van der Waals surface area (Å²) in [7, 11) is -1.70. The van der Waals surface area contributed by atoms with Crippen molar-refractivity contribution in [2.75, 3.05) is 20.1 Å². The van der Waals surface area contributed by atoms with Crippen LogP contribution in [-0.4, -0.2) is 32.9 Å². The summed E-state index contributed by atoms with van der Waals surface area (Å²) < 4.78 is 25.5. The molecule has 0 aliphatic rings. The summed E-state index contributed by atoms with van der Waals surface area (Å²) in [5, 5.41) is 3.22. The largest absolute Gasteiger partial charge is 0.313 e. The minimum absolute atomic E-state index is 0.0251. The van der Waals surface area contributed by atoms with E-state index in [1.807, 2.05) is 31.2 Å². The van der Waals surface area contributed by atoms with Crippen LogP contribution >= 0.6 is 0 Å². The Morgan fingerprint density at radius 2 is 2.05 bits per heavy atom. The number of hydrogen-bond donors (Lipinski definition) is 1. The molecule has 0 saturated carbocycles. The standard InChI is InChI=1S/C14H22N2O2S/c1-4-9-16(3)19(17,18)12-14-8-6-7-13(10-14)11-15-5-2/h4,6-8,10,15H,1,5,9,11-12H2,2-3H3. The summed E-state index contributed by atoms with van der Waals surface area (Å²) in [6.45, 7) is 7.58. The zero-order valence-corrected chi connectivity index (χ0v) is 12.4. The van der Waals surface area contributed by atoms with Crippen molar-refractivity contribution in [1.29, 1.82) is 0 Å². The normalized spacial score (nSPS) is 11.7. The molecule has 0 bridgehead atoms. The summed E-state index contributed by atoms with van der Waals surface area (Å²) in [4.78, 5) is 0. The van der Waals surface area contributed by atoms with Crippen LogP contribution in [0.1, 0.15) is 18.1 Å². The van der Waals surface area contributed by atoms with Gasteiger partial charge in [-0.2, -0.15) is 0 Å². The van der Waals surface area contributed by atoms with Gasteiger partial charge in [-0.25, -0.2) is 12.7 Å². The van der Waals surface area contributed by atoms with Gasteiger partial charge in [0.15, 0.2) is 0 Å². The Labute approximate surface area is 116 Å². The van der Waals surface area contributed by atoms with Crippen LogP contribution in [0.2, 0.25) is 0 Å². The quantitative estimate of drug-likeness (QED) is 0.739. The van der Waals surface area contributed by atoms with Gasteiger partial charge in [0.05, 0.1) is 5.75 Å². The van der Waals surface area contributed by atoms with Crippen molar-refractivity contribution in [2.24, 2.45) is 0 Å². The molecule has 0 unspecified atom stereocenters. The highest BCUT2D eigenvalue weighted by Gasteiger charge is 2.17. The molecule has 0 spiro atoms. The van der Waals surface area contributed by atoms with Gasteiger partial charge in [0, 0.05) is 20.1 Å². The lowest BCUT2D eigenvalue weighted by Crippen LogP contribution is -2.28. The molecule has 0 amide bonds. The highest BCUT2D eigenvalue weighted by Crippen LogP contribution is 2.11. The Kier molecular flexibility index (Phi) is 6.21. The van der Waals surface area contributed by atoms with E-state index in [1.165, 1.54) is 4.31 Å². The molecule has 0 radical (unpaired) electrons. The second-order valence-corrected chi connectivity index (χ2v) is 6.50. The number of likely N-dealkylation sites (N-methyl/N-ethyl adjacent to an activating group) is 1. The molecule has 0 saturated heterocycles. The molecular formula is C14H22N2O2S. The molecule has 5 heteroatoms. The molecule has 0 aliphatic heterocycles. The maximum atomic E-state index is 12.1. The van der Waals surface area contributed by atoms with E-state index in [0.29, 0.717) is 6.54 Å². The molecule has 0 aromatic heterocycles. The lowest BCUT2D eigenvalue weighted by Gasteiger charge is -2.15. The second-order valence-electron chi connectivity index (χ2n) is 4.43. The van der Waals surface area contributed by atoms with Crippen molar-refractivity contribution in [1.82, 2.24) is 9.62 Å². The average Bonchev–Trinajstić information content (AvgIpc) is 2.36. The van der Waals surface area contributed by atoms with Crippen LogP contribution in [0.3, 0.4) is 0 Å². The SMILES string of the molecule is C=CCN(C)S(=O)(=O)Cc1cccc(CNCC)c1. The summed E-state index contributed by atoms with van der Waals surface area (Å²) in [6, 6.07) is 7.66. The van der Waals surface area contributed by atoms with Crippen molar-refractivity contribution in [3.05, 3.63) is 48.0 Å². The predicted octanol–water partition coefficient (Wildman–Crippen LogP) is 1.74. The fraction of sp³-hybridized carbons (Fsp3) is 0.429. The number of nitrogens with zero attached hydrogens (tertiary/aromatic N) is 1. The zero-order valence-electron chi connectivity index (χ0n) is 11.6. The summed E-state index contributed by atoms with van der Waals surface area (Å²) in [5.74, 6) is 0.0251. The first kappa shape index (κ1) is 15.9. The monoisotopic (exact) mass is 282 g/mol. The highest BCUT2D eigenvalue weighted by molar-refractivity contribution is 7.88. The Morgan fingerprint density at radius 3 is 2.68 bits per heavy atom. The third-order valence-electron chi connectivity index (χ3n) is 2.78. The molecule has 1 rings (SSSR count). The van der Waals surface area contributed by atoms with Crippen LogP contribution in [-0.2, 0) is 22.3 Å². The average molecular weight is 282 g/mol. The highest BCUT2D eigenvalue weighted by atomic mass is 32.2. The van der Waals surface area contributed by atoms with Crippen LogP contribution in [0.4, 0.5) is 0 Å². The van der Waals surface area contributed by atoms with Gasteiger partial charge >= 0.3 is 0 Å². The van der Waals surface area contributed by atoms with Gasteiger partial charge in [-0.3, -0.25) is 0 Å². The topological polar surface area (TPSA) is 49.4 Å². The molecule has 1 aromatic carbocycles. The van der Waals surface area contributed by atoms with Crippen molar-refractivity contribution >= 4 is 10.0 Å². The molecule has 106 valence electrons.